The van der Waals surface area contributed by atoms with Crippen molar-refractivity contribution in [1.29, 1.82) is 5.26 Å². The summed E-state index contributed by atoms with van der Waals surface area (Å²) in [5, 5.41) is 18.7. The molecule has 0 spiro atoms. The maximum absolute atomic E-state index is 12.6. The van der Waals surface area contributed by atoms with Crippen molar-refractivity contribution in [3.63, 3.8) is 0 Å². The average Bonchev–Trinajstić information content (AvgIpc) is 2.53. The second-order valence-corrected chi connectivity index (χ2v) is 5.09. The lowest BCUT2D eigenvalue weighted by Gasteiger charge is -2.13. The number of benzene rings is 1. The van der Waals surface area contributed by atoms with Crippen LogP contribution in [0.15, 0.2) is 23.0 Å². The quantitative estimate of drug-likeness (QED) is 0.896. The number of nitrogens with zero attached hydrogens (tertiary/aromatic N) is 3. The van der Waals surface area contributed by atoms with Gasteiger partial charge in [0.1, 0.15) is 5.56 Å². The van der Waals surface area contributed by atoms with Crippen LogP contribution in [-0.2, 0) is 7.05 Å². The van der Waals surface area contributed by atoms with E-state index in [1.165, 1.54) is 7.05 Å². The number of hydrogen-bond donors (Lipinski definition) is 2. The van der Waals surface area contributed by atoms with Gasteiger partial charge in [-0.05, 0) is 37.6 Å². The number of aromatic nitrogens is 2. The number of nitrogens with one attached hydrogen (secondary N) is 2. The van der Waals surface area contributed by atoms with E-state index >= 15 is 0 Å². The van der Waals surface area contributed by atoms with E-state index in [2.05, 4.69) is 15.7 Å². The summed E-state index contributed by atoms with van der Waals surface area (Å²) in [6, 6.07) is 6.90. The van der Waals surface area contributed by atoms with Crippen molar-refractivity contribution in [2.45, 2.75) is 13.8 Å². The Morgan fingerprint density at radius 3 is 2.61 bits per heavy atom. The number of hydrogen-bond acceptors (Lipinski definition) is 5. The second-order valence-electron chi connectivity index (χ2n) is 5.09. The highest BCUT2D eigenvalue weighted by atomic mass is 16.2. The normalized spacial score (nSPS) is 10.0. The van der Waals surface area contributed by atoms with Crippen LogP contribution in [0.3, 0.4) is 0 Å². The van der Waals surface area contributed by atoms with Gasteiger partial charge < -0.3 is 10.6 Å². The van der Waals surface area contributed by atoms with Crippen LogP contribution >= 0.6 is 0 Å². The van der Waals surface area contributed by atoms with E-state index in [0.717, 1.165) is 4.68 Å². The minimum Gasteiger partial charge on any atom is -0.386 e. The van der Waals surface area contributed by atoms with Gasteiger partial charge in [0.25, 0.3) is 11.5 Å². The van der Waals surface area contributed by atoms with Crippen molar-refractivity contribution < 1.29 is 4.79 Å². The van der Waals surface area contributed by atoms with Crippen LogP contribution in [0.2, 0.25) is 0 Å². The molecule has 1 aromatic heterocycles. The summed E-state index contributed by atoms with van der Waals surface area (Å²) in [7, 11) is 3.21. The van der Waals surface area contributed by atoms with Crippen molar-refractivity contribution in [1.82, 2.24) is 9.78 Å². The number of nitriles is 1. The number of carbonyl (C=O) groups is 1. The third kappa shape index (κ3) is 3.06. The van der Waals surface area contributed by atoms with Gasteiger partial charge in [0.15, 0.2) is 0 Å². The largest absolute Gasteiger partial charge is 0.386 e. The Bertz CT molecular complexity index is 877. The molecule has 2 N–H and O–H groups in total. The Morgan fingerprint density at radius 1 is 1.30 bits per heavy atom. The number of aryl methyl sites for hydroxylation is 2. The van der Waals surface area contributed by atoms with Gasteiger partial charge in [-0.3, -0.25) is 9.59 Å². The van der Waals surface area contributed by atoms with Gasteiger partial charge in [0.2, 0.25) is 0 Å². The molecule has 1 heterocycles. The Morgan fingerprint density at radius 2 is 2.00 bits per heavy atom. The van der Waals surface area contributed by atoms with E-state index < -0.39 is 11.5 Å². The molecule has 2 rings (SSSR count). The smallest absolute Gasteiger partial charge is 0.279 e. The molecule has 0 unspecified atom stereocenters. The third-order valence-electron chi connectivity index (χ3n) is 3.62. The summed E-state index contributed by atoms with van der Waals surface area (Å²) >= 11 is 0. The van der Waals surface area contributed by atoms with E-state index in [4.69, 9.17) is 5.26 Å². The fourth-order valence-corrected chi connectivity index (χ4v) is 2.24. The molecule has 7 heteroatoms. The summed E-state index contributed by atoms with van der Waals surface area (Å²) in [6.45, 7) is 3.42. The molecule has 0 aliphatic rings. The maximum atomic E-state index is 12.6. The van der Waals surface area contributed by atoms with Crippen molar-refractivity contribution in [3.05, 3.63) is 50.9 Å². The number of anilines is 2. The minimum absolute atomic E-state index is 0.0458. The Kier molecular flexibility index (Phi) is 4.46. The Balaban J connectivity index is 2.49. The summed E-state index contributed by atoms with van der Waals surface area (Å²) in [5.74, 6) is -0.528. The predicted octanol–water partition coefficient (Wildman–Crippen LogP) is 1.56. The van der Waals surface area contributed by atoms with Crippen molar-refractivity contribution >= 4 is 17.3 Å². The van der Waals surface area contributed by atoms with Gasteiger partial charge in [-0.1, -0.05) is 0 Å². The Hall–Kier alpha value is -3.14. The first-order valence-corrected chi connectivity index (χ1v) is 6.96. The van der Waals surface area contributed by atoms with Crippen LogP contribution in [0, 0.1) is 25.2 Å². The summed E-state index contributed by atoms with van der Waals surface area (Å²) in [6.07, 6.45) is 0. The molecule has 0 aliphatic carbocycles. The van der Waals surface area contributed by atoms with Crippen molar-refractivity contribution in [2.75, 3.05) is 17.7 Å². The number of rotatable bonds is 3. The molecular formula is C16H17N5O2. The second kappa shape index (κ2) is 6.32. The average molecular weight is 311 g/mol. The minimum atomic E-state index is -0.528. The molecule has 0 aliphatic heterocycles. The first-order valence-electron chi connectivity index (χ1n) is 6.96. The molecular weight excluding hydrogens is 294 g/mol. The molecule has 7 nitrogen and oxygen atoms in total. The van der Waals surface area contributed by atoms with E-state index in [9.17, 15) is 9.59 Å². The first-order chi connectivity index (χ1) is 10.9. The summed E-state index contributed by atoms with van der Waals surface area (Å²) < 4.78 is 1.14. The molecule has 118 valence electrons. The lowest BCUT2D eigenvalue weighted by atomic mass is 10.1. The molecule has 23 heavy (non-hydrogen) atoms. The van der Waals surface area contributed by atoms with Gasteiger partial charge in [-0.15, -0.1) is 0 Å². The lowest BCUT2D eigenvalue weighted by molar-refractivity contribution is 0.102. The Labute approximate surface area is 133 Å². The van der Waals surface area contributed by atoms with Gasteiger partial charge in [-0.2, -0.15) is 10.4 Å². The molecule has 2 aromatic rings. The summed E-state index contributed by atoms with van der Waals surface area (Å²) in [5.41, 5.74) is 2.22. The zero-order valence-electron chi connectivity index (χ0n) is 13.4. The molecule has 1 aromatic carbocycles. The fourth-order valence-electron chi connectivity index (χ4n) is 2.24. The highest BCUT2D eigenvalue weighted by Gasteiger charge is 2.19. The van der Waals surface area contributed by atoms with Crippen LogP contribution in [-0.4, -0.2) is 22.7 Å². The van der Waals surface area contributed by atoms with Crippen LogP contribution in [0.1, 0.15) is 27.2 Å². The number of amides is 1. The van der Waals surface area contributed by atoms with Gasteiger partial charge in [0, 0.05) is 14.1 Å². The standard InChI is InChI=1S/C16H17N5O2/c1-9-10(2)20-21(4)16(23)14(9)15(22)19-13-7-11(8-17)5-6-12(13)18-3/h5-7,18H,1-4H3,(H,19,22). The molecule has 1 amide bonds. The maximum Gasteiger partial charge on any atom is 0.279 e. The predicted molar refractivity (Wildman–Crippen MR) is 87.6 cm³/mol. The molecule has 0 fully saturated rings. The zero-order chi connectivity index (χ0) is 17.1. The molecule has 0 bridgehead atoms. The zero-order valence-corrected chi connectivity index (χ0v) is 13.4. The fraction of sp³-hybridized carbons (Fsp3) is 0.250. The van der Waals surface area contributed by atoms with Crippen molar-refractivity contribution in [3.8, 4) is 6.07 Å². The third-order valence-corrected chi connectivity index (χ3v) is 3.62. The van der Waals surface area contributed by atoms with E-state index in [1.807, 2.05) is 6.07 Å². The molecule has 0 saturated carbocycles. The topological polar surface area (TPSA) is 99.8 Å². The van der Waals surface area contributed by atoms with Crippen LogP contribution in [0.5, 0.6) is 0 Å². The monoisotopic (exact) mass is 311 g/mol. The molecule has 0 radical (unpaired) electrons. The van der Waals surface area contributed by atoms with Crippen LogP contribution in [0.25, 0.3) is 0 Å². The molecule has 0 saturated heterocycles. The van der Waals surface area contributed by atoms with E-state index in [0.29, 0.717) is 28.2 Å². The SMILES string of the molecule is CNc1ccc(C#N)cc1NC(=O)c1c(C)c(C)nn(C)c1=O. The summed E-state index contributed by atoms with van der Waals surface area (Å²) in [4.78, 5) is 24.8. The molecule has 0 atom stereocenters. The highest BCUT2D eigenvalue weighted by Crippen LogP contribution is 2.23. The van der Waals surface area contributed by atoms with Crippen LogP contribution < -0.4 is 16.2 Å². The van der Waals surface area contributed by atoms with Crippen molar-refractivity contribution in [2.24, 2.45) is 7.05 Å². The number of carbonyl (C=O) groups excluding carboxylic acids is 1. The van der Waals surface area contributed by atoms with Gasteiger partial charge in [0.05, 0.1) is 28.7 Å². The van der Waals surface area contributed by atoms with E-state index in [1.54, 1.807) is 39.1 Å². The highest BCUT2D eigenvalue weighted by molar-refractivity contribution is 6.06. The van der Waals surface area contributed by atoms with Crippen LogP contribution in [0.4, 0.5) is 11.4 Å². The van der Waals surface area contributed by atoms with Gasteiger partial charge in [-0.25, -0.2) is 4.68 Å². The lowest BCUT2D eigenvalue weighted by Crippen LogP contribution is -2.31. The van der Waals surface area contributed by atoms with E-state index in [-0.39, 0.29) is 5.56 Å². The first kappa shape index (κ1) is 16.2. The van der Waals surface area contributed by atoms with Gasteiger partial charge >= 0.3 is 0 Å².